The molecule has 154 valence electrons. The first kappa shape index (κ1) is 21.0. The standard InChI is InChI=1S/C25H31NO3/c1-5-6-7-8-17-14-21(27)23(20-13-16(4)9-12-19(20)15(2)3)24(28)22(17)25(29)26-18-10-11-18/h9,12-14,18,27-28H,2,5-8,10-11H2,1,3-4H3,(H,26,29). The van der Waals surface area contributed by atoms with Crippen LogP contribution in [0, 0.1) is 6.92 Å². The van der Waals surface area contributed by atoms with Crippen LogP contribution in [0.4, 0.5) is 0 Å². The molecule has 1 amide bonds. The summed E-state index contributed by atoms with van der Waals surface area (Å²) < 4.78 is 0. The molecule has 0 spiro atoms. The molecular weight excluding hydrogens is 362 g/mol. The fourth-order valence-corrected chi connectivity index (χ4v) is 3.71. The van der Waals surface area contributed by atoms with E-state index in [-0.39, 0.29) is 29.0 Å². The molecule has 2 aromatic carbocycles. The van der Waals surface area contributed by atoms with Crippen molar-refractivity contribution >= 4 is 11.5 Å². The summed E-state index contributed by atoms with van der Waals surface area (Å²) in [7, 11) is 0. The molecule has 1 fully saturated rings. The van der Waals surface area contributed by atoms with Crippen molar-refractivity contribution in [3.8, 4) is 22.6 Å². The maximum atomic E-state index is 13.0. The Morgan fingerprint density at radius 1 is 1.21 bits per heavy atom. The lowest BCUT2D eigenvalue weighted by atomic mass is 9.89. The van der Waals surface area contributed by atoms with Crippen LogP contribution in [0.25, 0.3) is 16.7 Å². The molecule has 4 heteroatoms. The molecule has 0 saturated heterocycles. The highest BCUT2D eigenvalue weighted by molar-refractivity contribution is 6.02. The fraction of sp³-hybridized carbons (Fsp3) is 0.400. The molecule has 4 nitrogen and oxygen atoms in total. The minimum absolute atomic E-state index is 0.00919. The zero-order chi connectivity index (χ0) is 21.1. The van der Waals surface area contributed by atoms with Crippen LogP contribution < -0.4 is 5.32 Å². The van der Waals surface area contributed by atoms with Gasteiger partial charge in [0.15, 0.2) is 0 Å². The zero-order valence-corrected chi connectivity index (χ0v) is 17.6. The van der Waals surface area contributed by atoms with E-state index < -0.39 is 0 Å². The number of hydrogen-bond acceptors (Lipinski definition) is 3. The van der Waals surface area contributed by atoms with E-state index in [1.54, 1.807) is 6.07 Å². The monoisotopic (exact) mass is 393 g/mol. The predicted molar refractivity (Wildman–Crippen MR) is 118 cm³/mol. The second-order valence-corrected chi connectivity index (χ2v) is 8.19. The minimum atomic E-state index is -0.262. The van der Waals surface area contributed by atoms with Crippen molar-refractivity contribution in [3.05, 3.63) is 53.1 Å². The number of benzene rings is 2. The molecule has 0 heterocycles. The Balaban J connectivity index is 2.17. The molecule has 3 N–H and O–H groups in total. The summed E-state index contributed by atoms with van der Waals surface area (Å²) in [6, 6.07) is 7.66. The van der Waals surface area contributed by atoms with Gasteiger partial charge in [0.25, 0.3) is 5.91 Å². The molecule has 1 aliphatic carbocycles. The molecule has 29 heavy (non-hydrogen) atoms. The average molecular weight is 394 g/mol. The molecular formula is C25H31NO3. The van der Waals surface area contributed by atoms with Gasteiger partial charge in [0.05, 0.1) is 11.1 Å². The first-order valence-corrected chi connectivity index (χ1v) is 10.5. The number of carbonyl (C=O) groups is 1. The number of amides is 1. The van der Waals surface area contributed by atoms with Gasteiger partial charge in [0.2, 0.25) is 0 Å². The van der Waals surface area contributed by atoms with E-state index in [2.05, 4.69) is 18.8 Å². The molecule has 0 bridgehead atoms. The van der Waals surface area contributed by atoms with E-state index in [1.807, 2.05) is 32.0 Å². The third-order valence-corrected chi connectivity index (χ3v) is 5.46. The highest BCUT2D eigenvalue weighted by atomic mass is 16.3. The molecule has 1 aliphatic rings. The van der Waals surface area contributed by atoms with E-state index in [1.165, 1.54) is 0 Å². The topological polar surface area (TPSA) is 69.6 Å². The summed E-state index contributed by atoms with van der Waals surface area (Å²) in [4.78, 5) is 13.0. The van der Waals surface area contributed by atoms with Crippen LogP contribution in [-0.2, 0) is 6.42 Å². The number of aryl methyl sites for hydroxylation is 2. The van der Waals surface area contributed by atoms with Gasteiger partial charge in [-0.25, -0.2) is 0 Å². The van der Waals surface area contributed by atoms with E-state index in [4.69, 9.17) is 0 Å². The Bertz CT molecular complexity index is 942. The maximum absolute atomic E-state index is 13.0. The first-order valence-electron chi connectivity index (χ1n) is 10.5. The van der Waals surface area contributed by atoms with Crippen LogP contribution in [0.2, 0.25) is 0 Å². The lowest BCUT2D eigenvalue weighted by Gasteiger charge is -2.19. The summed E-state index contributed by atoms with van der Waals surface area (Å²) >= 11 is 0. The summed E-state index contributed by atoms with van der Waals surface area (Å²) in [6.07, 6.45) is 5.58. The number of carbonyl (C=O) groups excluding carboxylic acids is 1. The molecule has 0 unspecified atom stereocenters. The number of unbranched alkanes of at least 4 members (excludes halogenated alkanes) is 2. The van der Waals surface area contributed by atoms with Crippen LogP contribution in [0.5, 0.6) is 11.5 Å². The van der Waals surface area contributed by atoms with Gasteiger partial charge < -0.3 is 15.5 Å². The summed E-state index contributed by atoms with van der Waals surface area (Å²) in [5.41, 5.74) is 4.64. The summed E-state index contributed by atoms with van der Waals surface area (Å²) in [6.45, 7) is 10.0. The number of rotatable bonds is 8. The second-order valence-electron chi connectivity index (χ2n) is 8.19. The van der Waals surface area contributed by atoms with Gasteiger partial charge in [-0.3, -0.25) is 4.79 Å². The number of nitrogens with one attached hydrogen (secondary N) is 1. The third kappa shape index (κ3) is 4.64. The SMILES string of the molecule is C=C(C)c1ccc(C)cc1-c1c(O)cc(CCCCC)c(C(=O)NC2CC2)c1O. The Morgan fingerprint density at radius 2 is 1.93 bits per heavy atom. The number of hydrogen-bond donors (Lipinski definition) is 3. The Kier molecular flexibility index (Phi) is 6.31. The van der Waals surface area contributed by atoms with E-state index in [0.717, 1.165) is 48.8 Å². The van der Waals surface area contributed by atoms with Crippen molar-refractivity contribution in [2.45, 2.75) is 65.3 Å². The van der Waals surface area contributed by atoms with Crippen LogP contribution in [-0.4, -0.2) is 22.2 Å². The van der Waals surface area contributed by atoms with Crippen molar-refractivity contribution in [1.82, 2.24) is 5.32 Å². The Morgan fingerprint density at radius 3 is 2.55 bits per heavy atom. The number of aromatic hydroxyl groups is 2. The molecule has 1 saturated carbocycles. The number of phenolic OH excluding ortho intramolecular Hbond substituents is 2. The van der Waals surface area contributed by atoms with Gasteiger partial charge >= 0.3 is 0 Å². The van der Waals surface area contributed by atoms with Gasteiger partial charge in [-0.15, -0.1) is 0 Å². The molecule has 2 aromatic rings. The van der Waals surface area contributed by atoms with Crippen molar-refractivity contribution in [2.75, 3.05) is 0 Å². The summed E-state index contributed by atoms with van der Waals surface area (Å²) in [5, 5.41) is 25.1. The molecule has 0 radical (unpaired) electrons. The molecule has 0 aromatic heterocycles. The van der Waals surface area contributed by atoms with Gasteiger partial charge in [0.1, 0.15) is 11.5 Å². The van der Waals surface area contributed by atoms with Crippen LogP contribution in [0.3, 0.4) is 0 Å². The first-order chi connectivity index (χ1) is 13.8. The largest absolute Gasteiger partial charge is 0.507 e. The Hall–Kier alpha value is -2.75. The molecule has 3 rings (SSSR count). The predicted octanol–water partition coefficient (Wildman–Crippen LogP) is 5.73. The Labute approximate surface area is 173 Å². The van der Waals surface area contributed by atoms with E-state index >= 15 is 0 Å². The minimum Gasteiger partial charge on any atom is -0.507 e. The van der Waals surface area contributed by atoms with Crippen LogP contribution >= 0.6 is 0 Å². The van der Waals surface area contributed by atoms with Gasteiger partial charge in [-0.1, -0.05) is 55.7 Å². The molecule has 0 aliphatic heterocycles. The van der Waals surface area contributed by atoms with Crippen molar-refractivity contribution < 1.29 is 15.0 Å². The zero-order valence-electron chi connectivity index (χ0n) is 17.6. The lowest BCUT2D eigenvalue weighted by molar-refractivity contribution is 0.0947. The van der Waals surface area contributed by atoms with E-state index in [0.29, 0.717) is 23.1 Å². The van der Waals surface area contributed by atoms with E-state index in [9.17, 15) is 15.0 Å². The normalized spacial score (nSPS) is 13.3. The third-order valence-electron chi connectivity index (χ3n) is 5.46. The van der Waals surface area contributed by atoms with Crippen LogP contribution in [0.1, 0.15) is 73.0 Å². The van der Waals surface area contributed by atoms with Crippen molar-refractivity contribution in [2.24, 2.45) is 0 Å². The lowest BCUT2D eigenvalue weighted by Crippen LogP contribution is -2.26. The summed E-state index contributed by atoms with van der Waals surface area (Å²) in [5.74, 6) is -0.421. The smallest absolute Gasteiger partial charge is 0.255 e. The van der Waals surface area contributed by atoms with Gasteiger partial charge in [0, 0.05) is 6.04 Å². The average Bonchev–Trinajstić information content (AvgIpc) is 3.45. The number of allylic oxidation sites excluding steroid dienone is 1. The van der Waals surface area contributed by atoms with Gasteiger partial charge in [-0.2, -0.15) is 0 Å². The van der Waals surface area contributed by atoms with Crippen LogP contribution in [0.15, 0.2) is 30.8 Å². The molecule has 0 atom stereocenters. The highest BCUT2D eigenvalue weighted by Crippen LogP contribution is 2.44. The quantitative estimate of drug-likeness (QED) is 0.502. The van der Waals surface area contributed by atoms with Crippen molar-refractivity contribution in [1.29, 1.82) is 0 Å². The van der Waals surface area contributed by atoms with Crippen molar-refractivity contribution in [3.63, 3.8) is 0 Å². The second kappa shape index (κ2) is 8.73. The maximum Gasteiger partial charge on any atom is 0.255 e. The number of phenols is 2. The van der Waals surface area contributed by atoms with Gasteiger partial charge in [-0.05, 0) is 62.3 Å². The highest BCUT2D eigenvalue weighted by Gasteiger charge is 2.29. The fourth-order valence-electron chi connectivity index (χ4n) is 3.71.